The second kappa shape index (κ2) is 6.46. The molecule has 0 aromatic heterocycles. The van der Waals surface area contributed by atoms with Crippen LogP contribution in [0.4, 0.5) is 13.6 Å². The van der Waals surface area contributed by atoms with Gasteiger partial charge < -0.3 is 15.5 Å². The molecule has 0 heterocycles. The van der Waals surface area contributed by atoms with Crippen LogP contribution in [0.25, 0.3) is 0 Å². The maximum atomic E-state index is 13.0. The van der Waals surface area contributed by atoms with E-state index in [0.29, 0.717) is 5.56 Å². The first-order valence-corrected chi connectivity index (χ1v) is 5.43. The minimum Gasteiger partial charge on any atom is -0.394 e. The summed E-state index contributed by atoms with van der Waals surface area (Å²) in [6.07, 6.45) is -1.17. The van der Waals surface area contributed by atoms with Crippen molar-refractivity contribution < 1.29 is 23.8 Å². The van der Waals surface area contributed by atoms with Gasteiger partial charge in [0.2, 0.25) is 7.85 Å². The number of carbonyl (C=O) groups is 1. The van der Waals surface area contributed by atoms with Crippen LogP contribution < -0.4 is 5.32 Å². The molecule has 0 spiro atoms. The average molecular weight is 257 g/mol. The van der Waals surface area contributed by atoms with Gasteiger partial charge in [-0.25, -0.2) is 8.78 Å². The third-order valence-corrected chi connectivity index (χ3v) is 2.42. The Hall–Kier alpha value is -1.47. The molecule has 0 saturated carbocycles. The zero-order valence-electron chi connectivity index (χ0n) is 9.86. The monoisotopic (exact) mass is 257 g/mol. The van der Waals surface area contributed by atoms with Crippen molar-refractivity contribution in [1.29, 1.82) is 0 Å². The van der Waals surface area contributed by atoms with Crippen molar-refractivity contribution >= 4 is 13.7 Å². The summed E-state index contributed by atoms with van der Waals surface area (Å²) < 4.78 is 26.0. The number of nitrogens with one attached hydrogen (secondary N) is 1. The highest BCUT2D eigenvalue weighted by Crippen LogP contribution is 2.11. The van der Waals surface area contributed by atoms with Crippen LogP contribution in [0.3, 0.4) is 0 Å². The number of halogens is 2. The van der Waals surface area contributed by atoms with E-state index in [1.807, 2.05) is 0 Å². The van der Waals surface area contributed by atoms with Crippen LogP contribution in [-0.2, 0) is 6.42 Å². The van der Waals surface area contributed by atoms with E-state index in [-0.39, 0.29) is 6.42 Å². The Morgan fingerprint density at radius 3 is 2.33 bits per heavy atom. The summed E-state index contributed by atoms with van der Waals surface area (Å²) in [6, 6.07) is 2.16. The van der Waals surface area contributed by atoms with Gasteiger partial charge in [0.1, 0.15) is 11.6 Å². The molecule has 0 unspecified atom stereocenters. The highest BCUT2D eigenvalue weighted by Gasteiger charge is 2.20. The summed E-state index contributed by atoms with van der Waals surface area (Å²) in [4.78, 5) is 10.9. The number of hydrogen-bond acceptors (Lipinski definition) is 3. The second-order valence-electron chi connectivity index (χ2n) is 4.04. The van der Waals surface area contributed by atoms with Crippen LogP contribution in [0.5, 0.6) is 0 Å². The van der Waals surface area contributed by atoms with Gasteiger partial charge in [0.15, 0.2) is 5.81 Å². The molecule has 2 atom stereocenters. The average Bonchev–Trinajstić information content (AvgIpc) is 2.25. The van der Waals surface area contributed by atoms with Crippen LogP contribution in [0, 0.1) is 11.6 Å². The maximum Gasteiger partial charge on any atom is 0.215 e. The number of carbonyl (C=O) groups excluding carboxylic acids is 1. The molecule has 4 nitrogen and oxygen atoms in total. The Bertz CT molecular complexity index is 410. The van der Waals surface area contributed by atoms with Crippen molar-refractivity contribution in [2.45, 2.75) is 18.6 Å². The Labute approximate surface area is 104 Å². The Morgan fingerprint density at radius 1 is 1.33 bits per heavy atom. The highest BCUT2D eigenvalue weighted by molar-refractivity contribution is 6.57. The molecule has 7 heteroatoms. The van der Waals surface area contributed by atoms with E-state index in [0.717, 1.165) is 18.2 Å². The molecule has 0 fully saturated rings. The standard InChI is InChI=1S/C11H14BF2NO3/c12-11(18)15-9(10(17)5-16)3-6-1-7(13)4-8(14)2-6/h1-2,4,9-10,16-17H,3,5,12H2,(H,15,18)/t9-,10+/m0/s1. The van der Waals surface area contributed by atoms with E-state index in [9.17, 15) is 18.7 Å². The Kier molecular flexibility index (Phi) is 5.24. The second-order valence-corrected chi connectivity index (χ2v) is 4.04. The van der Waals surface area contributed by atoms with Crippen molar-refractivity contribution in [3.63, 3.8) is 0 Å². The third-order valence-electron chi connectivity index (χ3n) is 2.42. The lowest BCUT2D eigenvalue weighted by atomic mass is 9.99. The molecular weight excluding hydrogens is 243 g/mol. The topological polar surface area (TPSA) is 69.6 Å². The lowest BCUT2D eigenvalue weighted by molar-refractivity contribution is 0.0666. The van der Waals surface area contributed by atoms with Gasteiger partial charge in [-0.05, 0) is 24.1 Å². The zero-order chi connectivity index (χ0) is 13.7. The van der Waals surface area contributed by atoms with Crippen LogP contribution in [-0.4, -0.2) is 42.6 Å². The molecule has 18 heavy (non-hydrogen) atoms. The SMILES string of the molecule is BC(=O)N[C@@H](Cc1cc(F)cc(F)c1)[C@H](O)CO. The Morgan fingerprint density at radius 2 is 1.89 bits per heavy atom. The number of rotatable bonds is 5. The van der Waals surface area contributed by atoms with Crippen molar-refractivity contribution in [3.8, 4) is 0 Å². The fraction of sp³-hybridized carbons (Fsp3) is 0.364. The molecule has 1 rings (SSSR count). The summed E-state index contributed by atoms with van der Waals surface area (Å²) in [5.41, 5.74) is 0.291. The van der Waals surface area contributed by atoms with Crippen LogP contribution >= 0.6 is 0 Å². The summed E-state index contributed by atoms with van der Waals surface area (Å²) in [5, 5.41) is 20.8. The summed E-state index contributed by atoms with van der Waals surface area (Å²) in [7, 11) is 1.25. The summed E-state index contributed by atoms with van der Waals surface area (Å²) in [6.45, 7) is -0.553. The third kappa shape index (κ3) is 4.42. The molecule has 1 amide bonds. The van der Waals surface area contributed by atoms with Gasteiger partial charge in [0.05, 0.1) is 18.8 Å². The van der Waals surface area contributed by atoms with Gasteiger partial charge in [-0.15, -0.1) is 0 Å². The maximum absolute atomic E-state index is 13.0. The van der Waals surface area contributed by atoms with Crippen molar-refractivity contribution in [1.82, 2.24) is 5.32 Å². The van der Waals surface area contributed by atoms with E-state index in [1.54, 1.807) is 0 Å². The smallest absolute Gasteiger partial charge is 0.215 e. The van der Waals surface area contributed by atoms with Crippen LogP contribution in [0.2, 0.25) is 0 Å². The molecule has 0 aliphatic carbocycles. The highest BCUT2D eigenvalue weighted by atomic mass is 19.1. The predicted molar refractivity (Wildman–Crippen MR) is 64.0 cm³/mol. The van der Waals surface area contributed by atoms with E-state index < -0.39 is 36.2 Å². The first kappa shape index (κ1) is 14.6. The fourth-order valence-electron chi connectivity index (χ4n) is 1.65. The first-order valence-electron chi connectivity index (χ1n) is 5.43. The lowest BCUT2D eigenvalue weighted by Gasteiger charge is -2.22. The first-order chi connectivity index (χ1) is 8.42. The van der Waals surface area contributed by atoms with E-state index in [1.165, 1.54) is 7.85 Å². The molecule has 3 N–H and O–H groups in total. The summed E-state index contributed by atoms with van der Waals surface area (Å²) >= 11 is 0. The number of hydrogen-bond donors (Lipinski definition) is 3. The molecule has 0 bridgehead atoms. The largest absolute Gasteiger partial charge is 0.394 e. The molecule has 1 aromatic carbocycles. The van der Waals surface area contributed by atoms with Crippen molar-refractivity contribution in [2.24, 2.45) is 0 Å². The molecule has 0 aliphatic rings. The van der Waals surface area contributed by atoms with Gasteiger partial charge in [0, 0.05) is 6.07 Å². The fourth-order valence-corrected chi connectivity index (χ4v) is 1.65. The molecule has 0 radical (unpaired) electrons. The van der Waals surface area contributed by atoms with Gasteiger partial charge >= 0.3 is 0 Å². The minimum absolute atomic E-state index is 0.0238. The van der Waals surface area contributed by atoms with Crippen molar-refractivity contribution in [2.75, 3.05) is 6.61 Å². The van der Waals surface area contributed by atoms with Gasteiger partial charge in [0.25, 0.3) is 0 Å². The predicted octanol–water partition coefficient (Wildman–Crippen LogP) is -0.428. The number of amides is 1. The Balaban J connectivity index is 2.84. The van der Waals surface area contributed by atoms with Crippen molar-refractivity contribution in [3.05, 3.63) is 35.4 Å². The minimum atomic E-state index is -1.19. The number of aliphatic hydroxyl groups excluding tert-OH is 2. The molecule has 0 saturated heterocycles. The quantitative estimate of drug-likeness (QED) is 0.627. The van der Waals surface area contributed by atoms with E-state index in [2.05, 4.69) is 5.32 Å². The zero-order valence-corrected chi connectivity index (χ0v) is 9.86. The molecule has 98 valence electrons. The van der Waals surface area contributed by atoms with Gasteiger partial charge in [-0.2, -0.15) is 0 Å². The van der Waals surface area contributed by atoms with E-state index >= 15 is 0 Å². The normalized spacial score (nSPS) is 14.0. The van der Waals surface area contributed by atoms with Gasteiger partial charge in [-0.1, -0.05) is 0 Å². The molecule has 0 aliphatic heterocycles. The lowest BCUT2D eigenvalue weighted by Crippen LogP contribution is -2.46. The van der Waals surface area contributed by atoms with Crippen LogP contribution in [0.1, 0.15) is 5.56 Å². The summed E-state index contributed by atoms with van der Waals surface area (Å²) in [5.74, 6) is -1.86. The number of aliphatic hydroxyl groups is 2. The van der Waals surface area contributed by atoms with Crippen LogP contribution in [0.15, 0.2) is 18.2 Å². The molecular formula is C11H14BF2NO3. The molecule has 1 aromatic rings. The van der Waals surface area contributed by atoms with Gasteiger partial charge in [-0.3, -0.25) is 4.79 Å². The van der Waals surface area contributed by atoms with E-state index in [4.69, 9.17) is 5.11 Å². The number of benzene rings is 1.